The SMILES string of the molecule is CC(C)CCC(C)NC(=O)c1ccccc1S. The molecule has 0 saturated heterocycles. The van der Waals surface area contributed by atoms with E-state index >= 15 is 0 Å². The van der Waals surface area contributed by atoms with Crippen LogP contribution in [0.1, 0.15) is 44.0 Å². The van der Waals surface area contributed by atoms with Crippen LogP contribution in [0.5, 0.6) is 0 Å². The summed E-state index contributed by atoms with van der Waals surface area (Å²) >= 11 is 4.28. The van der Waals surface area contributed by atoms with Crippen LogP contribution in [0.4, 0.5) is 0 Å². The normalized spacial score (nSPS) is 12.5. The summed E-state index contributed by atoms with van der Waals surface area (Å²) in [6, 6.07) is 7.57. The van der Waals surface area contributed by atoms with Gasteiger partial charge in [-0.05, 0) is 37.8 Å². The van der Waals surface area contributed by atoms with Gasteiger partial charge >= 0.3 is 0 Å². The van der Waals surface area contributed by atoms with Crippen molar-refractivity contribution in [3.8, 4) is 0 Å². The summed E-state index contributed by atoms with van der Waals surface area (Å²) in [7, 11) is 0. The topological polar surface area (TPSA) is 29.1 Å². The Kier molecular flexibility index (Phi) is 5.56. The summed E-state index contributed by atoms with van der Waals surface area (Å²) in [5, 5.41) is 3.00. The number of carbonyl (C=O) groups excluding carboxylic acids is 1. The first kappa shape index (κ1) is 14.1. The van der Waals surface area contributed by atoms with Gasteiger partial charge in [0.15, 0.2) is 0 Å². The van der Waals surface area contributed by atoms with E-state index in [1.165, 1.54) is 0 Å². The average Bonchev–Trinajstić information content (AvgIpc) is 2.26. The Hall–Kier alpha value is -0.960. The van der Waals surface area contributed by atoms with Gasteiger partial charge in [-0.15, -0.1) is 12.6 Å². The molecule has 17 heavy (non-hydrogen) atoms. The van der Waals surface area contributed by atoms with Crippen molar-refractivity contribution < 1.29 is 4.79 Å². The molecule has 0 heterocycles. The van der Waals surface area contributed by atoms with E-state index in [-0.39, 0.29) is 11.9 Å². The van der Waals surface area contributed by atoms with Crippen molar-refractivity contribution in [3.63, 3.8) is 0 Å². The van der Waals surface area contributed by atoms with Crippen molar-refractivity contribution in [1.82, 2.24) is 5.32 Å². The second-order valence-corrected chi connectivity index (χ2v) is 5.34. The molecule has 2 nitrogen and oxygen atoms in total. The van der Waals surface area contributed by atoms with Crippen molar-refractivity contribution in [1.29, 1.82) is 0 Å². The molecule has 1 aromatic rings. The average molecular weight is 251 g/mol. The number of hydrogen-bond donors (Lipinski definition) is 2. The predicted octanol–water partition coefficient (Wildman–Crippen LogP) is 3.53. The molecule has 3 heteroatoms. The molecule has 0 aliphatic heterocycles. The van der Waals surface area contributed by atoms with Crippen LogP contribution in [-0.4, -0.2) is 11.9 Å². The third-order valence-electron chi connectivity index (χ3n) is 2.70. The van der Waals surface area contributed by atoms with Gasteiger partial charge in [0.2, 0.25) is 0 Å². The second kappa shape index (κ2) is 6.70. The van der Waals surface area contributed by atoms with E-state index in [1.807, 2.05) is 25.1 Å². The molecule has 1 amide bonds. The second-order valence-electron chi connectivity index (χ2n) is 4.86. The van der Waals surface area contributed by atoms with Crippen LogP contribution in [0.2, 0.25) is 0 Å². The van der Waals surface area contributed by atoms with Crippen LogP contribution in [0.15, 0.2) is 29.2 Å². The Balaban J connectivity index is 2.52. The summed E-state index contributed by atoms with van der Waals surface area (Å²) in [4.78, 5) is 12.7. The van der Waals surface area contributed by atoms with Crippen molar-refractivity contribution in [2.75, 3.05) is 0 Å². The number of carbonyl (C=O) groups is 1. The van der Waals surface area contributed by atoms with E-state index in [2.05, 4.69) is 31.8 Å². The lowest BCUT2D eigenvalue weighted by molar-refractivity contribution is 0.0934. The molecule has 0 fully saturated rings. The molecule has 1 N–H and O–H groups in total. The fourth-order valence-electron chi connectivity index (χ4n) is 1.62. The van der Waals surface area contributed by atoms with Gasteiger partial charge in [0.05, 0.1) is 5.56 Å². The molecule has 0 aliphatic rings. The molecule has 0 radical (unpaired) electrons. The van der Waals surface area contributed by atoms with Crippen LogP contribution in [-0.2, 0) is 0 Å². The van der Waals surface area contributed by atoms with E-state index in [1.54, 1.807) is 6.07 Å². The molecule has 0 aliphatic carbocycles. The fourth-order valence-corrected chi connectivity index (χ4v) is 1.88. The first-order chi connectivity index (χ1) is 8.00. The highest BCUT2D eigenvalue weighted by Gasteiger charge is 2.12. The van der Waals surface area contributed by atoms with Gasteiger partial charge in [-0.1, -0.05) is 26.0 Å². The quantitative estimate of drug-likeness (QED) is 0.770. The van der Waals surface area contributed by atoms with Gasteiger partial charge in [0.25, 0.3) is 5.91 Å². The molecule has 1 atom stereocenters. The Morgan fingerprint density at radius 3 is 2.47 bits per heavy atom. The summed E-state index contributed by atoms with van der Waals surface area (Å²) in [6.07, 6.45) is 2.14. The van der Waals surface area contributed by atoms with Crippen LogP contribution < -0.4 is 5.32 Å². The highest BCUT2D eigenvalue weighted by atomic mass is 32.1. The molecule has 0 saturated carbocycles. The van der Waals surface area contributed by atoms with Gasteiger partial charge in [-0.3, -0.25) is 4.79 Å². The highest BCUT2D eigenvalue weighted by molar-refractivity contribution is 7.80. The first-order valence-corrected chi connectivity index (χ1v) is 6.54. The number of nitrogens with one attached hydrogen (secondary N) is 1. The molecular weight excluding hydrogens is 230 g/mol. The predicted molar refractivity (Wildman–Crippen MR) is 74.7 cm³/mol. The Labute approximate surface area is 109 Å². The Morgan fingerprint density at radius 2 is 1.88 bits per heavy atom. The summed E-state index contributed by atoms with van der Waals surface area (Å²) in [5.74, 6) is 0.637. The molecule has 94 valence electrons. The molecule has 0 aromatic heterocycles. The van der Waals surface area contributed by atoms with Crippen molar-refractivity contribution >= 4 is 18.5 Å². The van der Waals surface area contributed by atoms with E-state index in [0.717, 1.165) is 17.7 Å². The minimum Gasteiger partial charge on any atom is -0.350 e. The zero-order chi connectivity index (χ0) is 12.8. The number of amides is 1. The van der Waals surface area contributed by atoms with Gasteiger partial charge in [0.1, 0.15) is 0 Å². The standard InChI is InChI=1S/C14H21NOS/c1-10(2)8-9-11(3)15-14(16)12-6-4-5-7-13(12)17/h4-7,10-11,17H,8-9H2,1-3H3,(H,15,16). The third kappa shape index (κ3) is 4.82. The number of benzene rings is 1. The van der Waals surface area contributed by atoms with Gasteiger partial charge in [-0.2, -0.15) is 0 Å². The minimum absolute atomic E-state index is 0.0353. The van der Waals surface area contributed by atoms with Crippen molar-refractivity contribution in [2.24, 2.45) is 5.92 Å². The molecule has 1 aromatic carbocycles. The first-order valence-electron chi connectivity index (χ1n) is 6.09. The minimum atomic E-state index is -0.0353. The van der Waals surface area contributed by atoms with Crippen molar-refractivity contribution in [2.45, 2.75) is 44.6 Å². The van der Waals surface area contributed by atoms with Gasteiger partial charge in [-0.25, -0.2) is 0 Å². The smallest absolute Gasteiger partial charge is 0.252 e. The van der Waals surface area contributed by atoms with Gasteiger partial charge < -0.3 is 5.32 Å². The Morgan fingerprint density at radius 1 is 1.24 bits per heavy atom. The summed E-state index contributed by atoms with van der Waals surface area (Å²) < 4.78 is 0. The number of rotatable bonds is 5. The molecule has 0 spiro atoms. The van der Waals surface area contributed by atoms with E-state index in [4.69, 9.17) is 0 Å². The van der Waals surface area contributed by atoms with E-state index in [9.17, 15) is 4.79 Å². The molecule has 0 bridgehead atoms. The largest absolute Gasteiger partial charge is 0.350 e. The number of thiol groups is 1. The highest BCUT2D eigenvalue weighted by Crippen LogP contribution is 2.13. The van der Waals surface area contributed by atoms with Crippen LogP contribution in [0.25, 0.3) is 0 Å². The van der Waals surface area contributed by atoms with E-state index in [0.29, 0.717) is 11.5 Å². The zero-order valence-corrected chi connectivity index (χ0v) is 11.6. The van der Waals surface area contributed by atoms with Crippen LogP contribution >= 0.6 is 12.6 Å². The van der Waals surface area contributed by atoms with Crippen LogP contribution in [0, 0.1) is 5.92 Å². The molecular formula is C14H21NOS. The van der Waals surface area contributed by atoms with Crippen molar-refractivity contribution in [3.05, 3.63) is 29.8 Å². The lowest BCUT2D eigenvalue weighted by Gasteiger charge is -2.15. The lowest BCUT2D eigenvalue weighted by atomic mass is 10.0. The van der Waals surface area contributed by atoms with E-state index < -0.39 is 0 Å². The zero-order valence-electron chi connectivity index (χ0n) is 10.7. The van der Waals surface area contributed by atoms with Crippen LogP contribution in [0.3, 0.4) is 0 Å². The third-order valence-corrected chi connectivity index (χ3v) is 3.09. The molecule has 1 rings (SSSR count). The van der Waals surface area contributed by atoms with Gasteiger partial charge in [0, 0.05) is 10.9 Å². The monoisotopic (exact) mass is 251 g/mol. The number of hydrogen-bond acceptors (Lipinski definition) is 2. The summed E-state index contributed by atoms with van der Waals surface area (Å²) in [6.45, 7) is 6.43. The fraction of sp³-hybridized carbons (Fsp3) is 0.500. The maximum Gasteiger partial charge on any atom is 0.252 e. The maximum absolute atomic E-state index is 12.0. The Bertz CT molecular complexity index is 376. The lowest BCUT2D eigenvalue weighted by Crippen LogP contribution is -2.32. The maximum atomic E-state index is 12.0. The molecule has 1 unspecified atom stereocenters. The summed E-state index contributed by atoms with van der Waals surface area (Å²) in [5.41, 5.74) is 0.646.